The van der Waals surface area contributed by atoms with Gasteiger partial charge in [0.1, 0.15) is 11.3 Å². The molecular formula is C33H34N6O3. The number of nitrogens with one attached hydrogen (secondary N) is 1. The van der Waals surface area contributed by atoms with E-state index in [1.807, 2.05) is 50.4 Å². The fourth-order valence-corrected chi connectivity index (χ4v) is 5.14. The van der Waals surface area contributed by atoms with E-state index in [4.69, 9.17) is 14.7 Å². The predicted octanol–water partition coefficient (Wildman–Crippen LogP) is 6.07. The molecule has 0 saturated carbocycles. The van der Waals surface area contributed by atoms with E-state index in [0.29, 0.717) is 17.3 Å². The standard InChI is InChI=1S/C33H34N6O3/c1-4-41-32(40)29-20-36-33(37-28-11-14-39(15-12-28)21-25-6-5-13-35-19-25)38-31(29)42-30-22(2)16-27(17-23(30)3)26-9-7-24(18-34)8-10-26/h5-10,13,16-17,19-20,28H,4,11-12,14-15,21H2,1-3H3,(H,36,37,38). The van der Waals surface area contributed by atoms with Gasteiger partial charge >= 0.3 is 5.97 Å². The number of hydrogen-bond donors (Lipinski definition) is 1. The van der Waals surface area contributed by atoms with Crippen molar-refractivity contribution in [3.05, 3.63) is 94.9 Å². The van der Waals surface area contributed by atoms with E-state index in [-0.39, 0.29) is 24.1 Å². The Morgan fingerprint density at radius 1 is 1.07 bits per heavy atom. The first kappa shape index (κ1) is 28.7. The highest BCUT2D eigenvalue weighted by molar-refractivity contribution is 5.91. The number of ether oxygens (including phenoxy) is 2. The number of piperidine rings is 1. The first-order chi connectivity index (χ1) is 20.4. The van der Waals surface area contributed by atoms with E-state index in [9.17, 15) is 4.79 Å². The number of aromatic nitrogens is 3. The fraction of sp³-hybridized carbons (Fsp3) is 0.303. The topological polar surface area (TPSA) is 113 Å². The van der Waals surface area contributed by atoms with Gasteiger partial charge in [0.05, 0.1) is 24.4 Å². The molecule has 214 valence electrons. The largest absolute Gasteiger partial charge is 0.462 e. The lowest BCUT2D eigenvalue weighted by Crippen LogP contribution is -2.39. The molecule has 0 bridgehead atoms. The molecule has 1 aliphatic heterocycles. The van der Waals surface area contributed by atoms with Crippen LogP contribution in [0.1, 0.15) is 52.4 Å². The van der Waals surface area contributed by atoms with Crippen LogP contribution < -0.4 is 10.1 Å². The minimum atomic E-state index is -0.535. The van der Waals surface area contributed by atoms with Gasteiger partial charge in [0.25, 0.3) is 0 Å². The smallest absolute Gasteiger partial charge is 0.345 e. The zero-order valence-corrected chi connectivity index (χ0v) is 24.1. The van der Waals surface area contributed by atoms with Crippen LogP contribution in [0.25, 0.3) is 11.1 Å². The van der Waals surface area contributed by atoms with Crippen molar-refractivity contribution in [2.75, 3.05) is 25.0 Å². The molecule has 0 unspecified atom stereocenters. The van der Waals surface area contributed by atoms with Gasteiger partial charge in [-0.15, -0.1) is 0 Å². The highest BCUT2D eigenvalue weighted by Crippen LogP contribution is 2.34. The van der Waals surface area contributed by atoms with Crippen LogP contribution >= 0.6 is 0 Å². The zero-order valence-electron chi connectivity index (χ0n) is 24.1. The van der Waals surface area contributed by atoms with Gasteiger partial charge in [-0.1, -0.05) is 18.2 Å². The Bertz CT molecular complexity index is 1550. The van der Waals surface area contributed by atoms with Crippen LogP contribution in [0.15, 0.2) is 67.1 Å². The number of rotatable bonds is 9. The first-order valence-corrected chi connectivity index (χ1v) is 14.1. The van der Waals surface area contributed by atoms with Crippen molar-refractivity contribution in [3.63, 3.8) is 0 Å². The molecule has 42 heavy (non-hydrogen) atoms. The Morgan fingerprint density at radius 2 is 1.81 bits per heavy atom. The van der Waals surface area contributed by atoms with Gasteiger partial charge in [0.15, 0.2) is 0 Å². The average molecular weight is 563 g/mol. The van der Waals surface area contributed by atoms with E-state index >= 15 is 0 Å². The van der Waals surface area contributed by atoms with Gasteiger partial charge in [0.2, 0.25) is 11.8 Å². The summed E-state index contributed by atoms with van der Waals surface area (Å²) >= 11 is 0. The van der Waals surface area contributed by atoms with Crippen molar-refractivity contribution < 1.29 is 14.3 Å². The first-order valence-electron chi connectivity index (χ1n) is 14.1. The van der Waals surface area contributed by atoms with Crippen LogP contribution in [-0.2, 0) is 11.3 Å². The van der Waals surface area contributed by atoms with Crippen molar-refractivity contribution in [1.82, 2.24) is 19.9 Å². The molecule has 1 N–H and O–H groups in total. The minimum absolute atomic E-state index is 0.150. The van der Waals surface area contributed by atoms with Crippen LogP contribution in [0.5, 0.6) is 11.6 Å². The van der Waals surface area contributed by atoms with Crippen molar-refractivity contribution in [3.8, 4) is 28.8 Å². The number of carbonyl (C=O) groups excluding carboxylic acids is 1. The molecule has 0 spiro atoms. The van der Waals surface area contributed by atoms with Gasteiger partial charge in [-0.2, -0.15) is 10.2 Å². The van der Waals surface area contributed by atoms with E-state index in [1.165, 1.54) is 11.8 Å². The van der Waals surface area contributed by atoms with E-state index < -0.39 is 5.97 Å². The van der Waals surface area contributed by atoms with Crippen LogP contribution in [0, 0.1) is 25.2 Å². The van der Waals surface area contributed by atoms with Crippen LogP contribution in [0.2, 0.25) is 0 Å². The maximum absolute atomic E-state index is 12.8. The molecular weight excluding hydrogens is 528 g/mol. The molecule has 1 aliphatic rings. The Labute approximate surface area is 246 Å². The van der Waals surface area contributed by atoms with Crippen molar-refractivity contribution in [1.29, 1.82) is 5.26 Å². The van der Waals surface area contributed by atoms with Gasteiger partial charge in [-0.3, -0.25) is 9.88 Å². The maximum atomic E-state index is 12.8. The van der Waals surface area contributed by atoms with Crippen LogP contribution in [0.3, 0.4) is 0 Å². The lowest BCUT2D eigenvalue weighted by atomic mass is 9.99. The highest BCUT2D eigenvalue weighted by Gasteiger charge is 2.23. The number of hydrogen-bond acceptors (Lipinski definition) is 9. The number of aryl methyl sites for hydroxylation is 2. The van der Waals surface area contributed by atoms with E-state index in [0.717, 1.165) is 54.7 Å². The van der Waals surface area contributed by atoms with Gasteiger partial charge < -0.3 is 14.8 Å². The summed E-state index contributed by atoms with van der Waals surface area (Å²) in [6.07, 6.45) is 7.05. The van der Waals surface area contributed by atoms with Gasteiger partial charge in [0, 0.05) is 38.1 Å². The van der Waals surface area contributed by atoms with E-state index in [1.54, 1.807) is 25.3 Å². The number of nitrogens with zero attached hydrogens (tertiary/aromatic N) is 5. The molecule has 0 atom stereocenters. The molecule has 3 heterocycles. The molecule has 4 aromatic rings. The number of pyridine rings is 1. The van der Waals surface area contributed by atoms with Crippen molar-refractivity contribution >= 4 is 11.9 Å². The average Bonchev–Trinajstić information content (AvgIpc) is 3.00. The van der Waals surface area contributed by atoms with Gasteiger partial charge in [-0.05, 0) is 91.8 Å². The molecule has 9 heteroatoms. The molecule has 1 saturated heterocycles. The van der Waals surface area contributed by atoms with Gasteiger partial charge in [-0.25, -0.2) is 9.78 Å². The molecule has 9 nitrogen and oxygen atoms in total. The summed E-state index contributed by atoms with van der Waals surface area (Å²) in [7, 11) is 0. The third kappa shape index (κ3) is 6.90. The number of anilines is 1. The molecule has 0 amide bonds. The number of likely N-dealkylation sites (tertiary alicyclic amines) is 1. The summed E-state index contributed by atoms with van der Waals surface area (Å²) in [4.78, 5) is 28.5. The molecule has 2 aromatic carbocycles. The summed E-state index contributed by atoms with van der Waals surface area (Å²) in [5.74, 6) is 0.643. The van der Waals surface area contributed by atoms with Crippen molar-refractivity contribution in [2.45, 2.75) is 46.2 Å². The van der Waals surface area contributed by atoms with Crippen molar-refractivity contribution in [2.24, 2.45) is 0 Å². The van der Waals surface area contributed by atoms with E-state index in [2.05, 4.69) is 37.3 Å². The van der Waals surface area contributed by atoms with Crippen LogP contribution in [-0.4, -0.2) is 51.6 Å². The third-order valence-electron chi connectivity index (χ3n) is 7.31. The lowest BCUT2D eigenvalue weighted by Gasteiger charge is -2.32. The lowest BCUT2D eigenvalue weighted by molar-refractivity contribution is 0.0522. The summed E-state index contributed by atoms with van der Waals surface area (Å²) in [6.45, 7) is 8.67. The fourth-order valence-electron chi connectivity index (χ4n) is 5.14. The predicted molar refractivity (Wildman–Crippen MR) is 160 cm³/mol. The maximum Gasteiger partial charge on any atom is 0.345 e. The summed E-state index contributed by atoms with van der Waals surface area (Å²) < 4.78 is 11.6. The summed E-state index contributed by atoms with van der Waals surface area (Å²) in [5.41, 5.74) is 5.77. The monoisotopic (exact) mass is 562 g/mol. The Balaban J connectivity index is 1.33. The summed E-state index contributed by atoms with van der Waals surface area (Å²) in [5, 5.41) is 12.6. The number of esters is 1. The molecule has 1 fully saturated rings. The number of benzene rings is 2. The third-order valence-corrected chi connectivity index (χ3v) is 7.31. The molecule has 0 aliphatic carbocycles. The Morgan fingerprint density at radius 3 is 2.45 bits per heavy atom. The second-order valence-electron chi connectivity index (χ2n) is 10.4. The molecule has 2 aromatic heterocycles. The molecule has 5 rings (SSSR count). The Hall–Kier alpha value is -4.81. The quantitative estimate of drug-likeness (QED) is 0.243. The molecule has 0 radical (unpaired) electrons. The summed E-state index contributed by atoms with van der Waals surface area (Å²) in [6, 6.07) is 17.9. The second-order valence-corrected chi connectivity index (χ2v) is 10.4. The van der Waals surface area contributed by atoms with Crippen LogP contribution in [0.4, 0.5) is 5.95 Å². The second kappa shape index (κ2) is 13.2. The highest BCUT2D eigenvalue weighted by atomic mass is 16.5. The normalized spacial score (nSPS) is 13.8. The Kier molecular flexibility index (Phi) is 9.05. The SMILES string of the molecule is CCOC(=O)c1cnc(NC2CCN(Cc3cccnc3)CC2)nc1Oc1c(C)cc(-c2ccc(C#N)cc2)cc1C. The number of carbonyl (C=O) groups is 1. The zero-order chi connectivity index (χ0) is 29.5. The minimum Gasteiger partial charge on any atom is -0.462 e. The number of nitriles is 1.